The number of rotatable bonds is 4. The van der Waals surface area contributed by atoms with E-state index in [2.05, 4.69) is 4.74 Å². The maximum Gasteiger partial charge on any atom is 0.414 e. The van der Waals surface area contributed by atoms with E-state index in [1.54, 1.807) is 19.1 Å². The molecule has 0 aromatic carbocycles. The molecule has 22 heavy (non-hydrogen) atoms. The summed E-state index contributed by atoms with van der Waals surface area (Å²) in [6.45, 7) is 1.68. The van der Waals surface area contributed by atoms with Crippen molar-refractivity contribution in [2.45, 2.75) is 13.5 Å². The van der Waals surface area contributed by atoms with Crippen molar-refractivity contribution < 1.29 is 18.7 Å². The first kappa shape index (κ1) is 15.3. The number of H-pyrrole nitrogens is 1. The van der Waals surface area contributed by atoms with E-state index in [4.69, 9.17) is 4.42 Å². The van der Waals surface area contributed by atoms with Gasteiger partial charge in [0.15, 0.2) is 0 Å². The van der Waals surface area contributed by atoms with E-state index in [0.29, 0.717) is 5.76 Å². The molecule has 0 radical (unpaired) electrons. The van der Waals surface area contributed by atoms with Crippen LogP contribution in [0.15, 0.2) is 38.6 Å². The Morgan fingerprint density at radius 1 is 1.41 bits per heavy atom. The van der Waals surface area contributed by atoms with Crippen molar-refractivity contribution in [3.05, 3.63) is 56.8 Å². The molecule has 0 aliphatic heterocycles. The molecule has 9 heteroatoms. The third-order valence-electron chi connectivity index (χ3n) is 2.65. The van der Waals surface area contributed by atoms with Gasteiger partial charge in [0.25, 0.3) is 11.5 Å². The van der Waals surface area contributed by atoms with Gasteiger partial charge in [-0.3, -0.25) is 24.5 Å². The van der Waals surface area contributed by atoms with Gasteiger partial charge in [-0.25, -0.2) is 9.59 Å². The average Bonchev–Trinajstić information content (AvgIpc) is 2.94. The Hall–Kier alpha value is -3.10. The van der Waals surface area contributed by atoms with Crippen LogP contribution in [0.2, 0.25) is 0 Å². The van der Waals surface area contributed by atoms with Crippen LogP contribution < -0.4 is 16.6 Å². The van der Waals surface area contributed by atoms with Crippen LogP contribution in [0.5, 0.6) is 0 Å². The summed E-state index contributed by atoms with van der Waals surface area (Å²) in [5.74, 6) is -0.501. The van der Waals surface area contributed by atoms with Gasteiger partial charge in [-0.15, -0.1) is 0 Å². The van der Waals surface area contributed by atoms with Crippen LogP contribution in [0, 0.1) is 0 Å². The van der Waals surface area contributed by atoms with Crippen LogP contribution in [0.3, 0.4) is 0 Å². The first-order chi connectivity index (χ1) is 10.5. The van der Waals surface area contributed by atoms with E-state index >= 15 is 0 Å². The van der Waals surface area contributed by atoms with E-state index in [-0.39, 0.29) is 18.7 Å². The molecule has 0 atom stereocenters. The number of amides is 2. The molecule has 2 N–H and O–H groups in total. The molecule has 0 spiro atoms. The Morgan fingerprint density at radius 2 is 2.18 bits per heavy atom. The Labute approximate surface area is 123 Å². The van der Waals surface area contributed by atoms with Crippen LogP contribution in [0.1, 0.15) is 23.0 Å². The number of imide groups is 1. The van der Waals surface area contributed by atoms with Gasteiger partial charge in [0.05, 0.1) is 19.4 Å². The van der Waals surface area contributed by atoms with Crippen molar-refractivity contribution in [3.63, 3.8) is 0 Å². The van der Waals surface area contributed by atoms with Gasteiger partial charge in [0.2, 0.25) is 0 Å². The summed E-state index contributed by atoms with van der Waals surface area (Å²) in [6.07, 6.45) is 1.51. The number of aromatic amines is 1. The van der Waals surface area contributed by atoms with Crippen LogP contribution >= 0.6 is 0 Å². The molecule has 0 unspecified atom stereocenters. The summed E-state index contributed by atoms with van der Waals surface area (Å²) in [5, 5.41) is 1.88. The molecule has 0 saturated heterocycles. The molecule has 0 saturated carbocycles. The van der Waals surface area contributed by atoms with Gasteiger partial charge >= 0.3 is 11.8 Å². The zero-order valence-corrected chi connectivity index (χ0v) is 11.6. The van der Waals surface area contributed by atoms with E-state index in [1.165, 1.54) is 6.26 Å². The highest BCUT2D eigenvalue weighted by atomic mass is 16.5. The second kappa shape index (κ2) is 6.57. The lowest BCUT2D eigenvalue weighted by atomic mass is 10.3. The fraction of sp³-hybridized carbons (Fsp3) is 0.231. The second-order valence-electron chi connectivity index (χ2n) is 4.18. The Morgan fingerprint density at radius 3 is 2.82 bits per heavy atom. The fourth-order valence-electron chi connectivity index (χ4n) is 1.69. The van der Waals surface area contributed by atoms with Crippen LogP contribution in [-0.4, -0.2) is 28.2 Å². The van der Waals surface area contributed by atoms with Crippen molar-refractivity contribution in [3.8, 4) is 0 Å². The van der Waals surface area contributed by atoms with Gasteiger partial charge in [0.1, 0.15) is 11.3 Å². The maximum absolute atomic E-state index is 11.8. The normalized spacial score (nSPS) is 10.2. The Kier molecular flexibility index (Phi) is 4.57. The van der Waals surface area contributed by atoms with Gasteiger partial charge in [-0.05, 0) is 19.1 Å². The van der Waals surface area contributed by atoms with Gasteiger partial charge in [-0.1, -0.05) is 0 Å². The summed E-state index contributed by atoms with van der Waals surface area (Å²) in [5.41, 5.74) is -1.99. The highest BCUT2D eigenvalue weighted by Gasteiger charge is 2.16. The lowest BCUT2D eigenvalue weighted by Gasteiger charge is -2.06. The standard InChI is InChI=1S/C13H13N3O6/c1-2-21-13(20)15-11(18)9-7-16(12(19)14-10(9)17)6-8-4-3-5-22-8/h3-5,7H,2,6H2,1H3,(H,14,17,19)(H,15,18,20). The lowest BCUT2D eigenvalue weighted by Crippen LogP contribution is -2.39. The third kappa shape index (κ3) is 3.51. The molecule has 0 aliphatic carbocycles. The van der Waals surface area contributed by atoms with Crippen molar-refractivity contribution in [2.24, 2.45) is 0 Å². The minimum Gasteiger partial charge on any atom is -0.467 e. The van der Waals surface area contributed by atoms with E-state index in [1.807, 2.05) is 10.3 Å². The number of nitrogens with one attached hydrogen (secondary N) is 2. The van der Waals surface area contributed by atoms with E-state index in [0.717, 1.165) is 10.8 Å². The first-order valence-corrected chi connectivity index (χ1v) is 6.35. The monoisotopic (exact) mass is 307 g/mol. The van der Waals surface area contributed by atoms with Gasteiger partial charge in [0, 0.05) is 6.20 Å². The number of ether oxygens (including phenoxy) is 1. The molecule has 0 aliphatic rings. The van der Waals surface area contributed by atoms with E-state index in [9.17, 15) is 19.2 Å². The van der Waals surface area contributed by atoms with Crippen molar-refractivity contribution in [2.75, 3.05) is 6.61 Å². The largest absolute Gasteiger partial charge is 0.467 e. The minimum atomic E-state index is -0.976. The predicted octanol–water partition coefficient (Wildman–Crippen LogP) is 0.0642. The maximum atomic E-state index is 11.8. The summed E-state index contributed by atoms with van der Waals surface area (Å²) >= 11 is 0. The fourth-order valence-corrected chi connectivity index (χ4v) is 1.69. The number of hydrogen-bond donors (Lipinski definition) is 2. The van der Waals surface area contributed by atoms with Gasteiger partial charge < -0.3 is 9.15 Å². The molecule has 2 aromatic heterocycles. The second-order valence-corrected chi connectivity index (χ2v) is 4.18. The number of carbonyl (C=O) groups excluding carboxylic acids is 2. The molecule has 0 bridgehead atoms. The molecule has 116 valence electrons. The zero-order chi connectivity index (χ0) is 16.1. The van der Waals surface area contributed by atoms with Crippen LogP contribution in [-0.2, 0) is 11.3 Å². The molecule has 2 aromatic rings. The SMILES string of the molecule is CCOC(=O)NC(=O)c1cn(Cc2ccco2)c(=O)[nH]c1=O. The smallest absolute Gasteiger partial charge is 0.414 e. The number of hydrogen-bond acceptors (Lipinski definition) is 6. The molecule has 2 rings (SSSR count). The third-order valence-corrected chi connectivity index (χ3v) is 2.65. The van der Waals surface area contributed by atoms with Crippen molar-refractivity contribution >= 4 is 12.0 Å². The highest BCUT2D eigenvalue weighted by Crippen LogP contribution is 2.01. The average molecular weight is 307 g/mol. The first-order valence-electron chi connectivity index (χ1n) is 6.35. The quantitative estimate of drug-likeness (QED) is 0.823. The zero-order valence-electron chi connectivity index (χ0n) is 11.6. The number of furan rings is 1. The summed E-state index contributed by atoms with van der Waals surface area (Å²) in [4.78, 5) is 48.4. The number of carbonyl (C=O) groups is 2. The number of nitrogens with zero attached hydrogens (tertiary/aromatic N) is 1. The molecule has 0 fully saturated rings. The summed E-state index contributed by atoms with van der Waals surface area (Å²) in [7, 11) is 0. The predicted molar refractivity (Wildman–Crippen MR) is 73.6 cm³/mol. The Balaban J connectivity index is 2.28. The van der Waals surface area contributed by atoms with Crippen LogP contribution in [0.25, 0.3) is 0 Å². The van der Waals surface area contributed by atoms with E-state index < -0.39 is 23.2 Å². The highest BCUT2D eigenvalue weighted by molar-refractivity contribution is 6.02. The molecular weight excluding hydrogens is 294 g/mol. The summed E-state index contributed by atoms with van der Waals surface area (Å²) in [6, 6.07) is 3.27. The van der Waals surface area contributed by atoms with Crippen molar-refractivity contribution in [1.82, 2.24) is 14.9 Å². The molecule has 2 amide bonds. The van der Waals surface area contributed by atoms with Crippen molar-refractivity contribution in [1.29, 1.82) is 0 Å². The number of aromatic nitrogens is 2. The number of alkyl carbamates (subject to hydrolysis) is 1. The van der Waals surface area contributed by atoms with Gasteiger partial charge in [-0.2, -0.15) is 0 Å². The minimum absolute atomic E-state index is 0.0301. The molecule has 9 nitrogen and oxygen atoms in total. The summed E-state index contributed by atoms with van der Waals surface area (Å²) < 4.78 is 10.7. The Bertz CT molecular complexity index is 787. The molecule has 2 heterocycles. The molecular formula is C13H13N3O6. The lowest BCUT2D eigenvalue weighted by molar-refractivity contribution is 0.0922. The topological polar surface area (TPSA) is 123 Å². The van der Waals surface area contributed by atoms with Crippen LogP contribution in [0.4, 0.5) is 4.79 Å².